The molecule has 0 saturated carbocycles. The van der Waals surface area contributed by atoms with Gasteiger partial charge in [-0.3, -0.25) is 4.79 Å². The van der Waals surface area contributed by atoms with Crippen molar-refractivity contribution < 1.29 is 19.1 Å². The number of hydrogen-bond acceptors (Lipinski definition) is 4. The lowest BCUT2D eigenvalue weighted by atomic mass is 10.0. The quantitative estimate of drug-likeness (QED) is 0.816. The second kappa shape index (κ2) is 3.66. The van der Waals surface area contributed by atoms with Gasteiger partial charge in [0.1, 0.15) is 12.0 Å². The highest BCUT2D eigenvalue weighted by molar-refractivity contribution is 5.68. The molecular formula is C10H13NO4. The number of nitrogens with zero attached hydrogens (tertiary/aromatic N) is 1. The zero-order valence-corrected chi connectivity index (χ0v) is 8.52. The maximum Gasteiger partial charge on any atom is 0.312 e. The van der Waals surface area contributed by atoms with Gasteiger partial charge < -0.3 is 14.3 Å². The standard InChI is InChI=1S/C10H13NO4/c1-10(3-2-4-14-10)7-6-11-8(15-7)5-9(12)13/h6H,2-5H2,1H3,(H,12,13). The molecule has 82 valence electrons. The Kier molecular flexibility index (Phi) is 2.48. The minimum Gasteiger partial charge on any atom is -0.481 e. The van der Waals surface area contributed by atoms with E-state index in [9.17, 15) is 4.79 Å². The molecule has 0 aliphatic carbocycles. The van der Waals surface area contributed by atoms with E-state index >= 15 is 0 Å². The molecule has 1 atom stereocenters. The first-order chi connectivity index (χ1) is 7.10. The molecule has 2 heterocycles. The van der Waals surface area contributed by atoms with Gasteiger partial charge in [0.05, 0.1) is 6.20 Å². The maximum absolute atomic E-state index is 10.4. The number of carboxylic acid groups (broad SMARTS) is 1. The highest BCUT2D eigenvalue weighted by Gasteiger charge is 2.35. The van der Waals surface area contributed by atoms with Gasteiger partial charge in [-0.25, -0.2) is 4.98 Å². The van der Waals surface area contributed by atoms with Crippen LogP contribution in [0, 0.1) is 0 Å². The molecule has 2 rings (SSSR count). The minimum atomic E-state index is -0.944. The zero-order chi connectivity index (χ0) is 10.9. The number of carbonyl (C=O) groups is 1. The Bertz CT molecular complexity index is 365. The largest absolute Gasteiger partial charge is 0.481 e. The van der Waals surface area contributed by atoms with Crippen LogP contribution in [0.4, 0.5) is 0 Å². The second-order valence-electron chi connectivity index (χ2n) is 3.87. The lowest BCUT2D eigenvalue weighted by Crippen LogP contribution is -2.18. The Labute approximate surface area is 87.1 Å². The molecule has 1 aromatic heterocycles. The van der Waals surface area contributed by atoms with Crippen LogP contribution in [0.5, 0.6) is 0 Å². The Morgan fingerprint density at radius 3 is 3.13 bits per heavy atom. The van der Waals surface area contributed by atoms with Crippen molar-refractivity contribution in [2.75, 3.05) is 6.61 Å². The maximum atomic E-state index is 10.4. The number of aliphatic carboxylic acids is 1. The molecule has 1 N–H and O–H groups in total. The fourth-order valence-corrected chi connectivity index (χ4v) is 1.74. The highest BCUT2D eigenvalue weighted by Crippen LogP contribution is 2.35. The molecule has 0 spiro atoms. The SMILES string of the molecule is CC1(c2cnc(CC(=O)O)o2)CCCO1. The van der Waals surface area contributed by atoms with Crippen molar-refractivity contribution in [3.8, 4) is 0 Å². The third kappa shape index (κ3) is 2.02. The van der Waals surface area contributed by atoms with Crippen LogP contribution in [-0.4, -0.2) is 22.7 Å². The summed E-state index contributed by atoms with van der Waals surface area (Å²) in [6, 6.07) is 0. The summed E-state index contributed by atoms with van der Waals surface area (Å²) in [5.74, 6) is -0.0913. The first-order valence-corrected chi connectivity index (χ1v) is 4.91. The monoisotopic (exact) mass is 211 g/mol. The summed E-state index contributed by atoms with van der Waals surface area (Å²) >= 11 is 0. The third-order valence-electron chi connectivity index (χ3n) is 2.60. The van der Waals surface area contributed by atoms with Gasteiger partial charge in [0.15, 0.2) is 5.76 Å². The first kappa shape index (κ1) is 10.2. The van der Waals surface area contributed by atoms with E-state index in [1.807, 2.05) is 6.92 Å². The molecule has 1 fully saturated rings. The van der Waals surface area contributed by atoms with E-state index in [0.29, 0.717) is 12.4 Å². The average Bonchev–Trinajstić information content (AvgIpc) is 2.74. The molecule has 0 bridgehead atoms. The molecule has 0 amide bonds. The molecule has 5 nitrogen and oxygen atoms in total. The van der Waals surface area contributed by atoms with Crippen LogP contribution in [0.1, 0.15) is 31.4 Å². The van der Waals surface area contributed by atoms with Crippen LogP contribution in [0.25, 0.3) is 0 Å². The summed E-state index contributed by atoms with van der Waals surface area (Å²) in [4.78, 5) is 14.4. The molecule has 1 unspecified atom stereocenters. The van der Waals surface area contributed by atoms with E-state index in [0.717, 1.165) is 12.8 Å². The summed E-state index contributed by atoms with van der Waals surface area (Å²) < 4.78 is 10.9. The van der Waals surface area contributed by atoms with Crippen LogP contribution in [0.3, 0.4) is 0 Å². The normalized spacial score (nSPS) is 25.7. The van der Waals surface area contributed by atoms with Gasteiger partial charge in [-0.1, -0.05) is 0 Å². The number of oxazole rings is 1. The number of aromatic nitrogens is 1. The van der Waals surface area contributed by atoms with Crippen molar-refractivity contribution >= 4 is 5.97 Å². The van der Waals surface area contributed by atoms with Gasteiger partial charge in [0, 0.05) is 6.61 Å². The van der Waals surface area contributed by atoms with Crippen molar-refractivity contribution in [1.82, 2.24) is 4.98 Å². The van der Waals surface area contributed by atoms with Crippen molar-refractivity contribution in [3.05, 3.63) is 17.8 Å². The molecule has 15 heavy (non-hydrogen) atoms. The highest BCUT2D eigenvalue weighted by atomic mass is 16.5. The smallest absolute Gasteiger partial charge is 0.312 e. The summed E-state index contributed by atoms with van der Waals surface area (Å²) in [6.07, 6.45) is 3.25. The first-order valence-electron chi connectivity index (χ1n) is 4.91. The van der Waals surface area contributed by atoms with E-state index in [1.54, 1.807) is 6.20 Å². The Balaban J connectivity index is 2.15. The Hall–Kier alpha value is -1.36. The van der Waals surface area contributed by atoms with Gasteiger partial charge >= 0.3 is 5.97 Å². The third-order valence-corrected chi connectivity index (χ3v) is 2.60. The fourth-order valence-electron chi connectivity index (χ4n) is 1.74. The predicted octanol–water partition coefficient (Wildman–Crippen LogP) is 1.33. The van der Waals surface area contributed by atoms with Crippen molar-refractivity contribution in [2.24, 2.45) is 0 Å². The molecule has 1 saturated heterocycles. The van der Waals surface area contributed by atoms with Crippen LogP contribution in [-0.2, 0) is 21.6 Å². The van der Waals surface area contributed by atoms with E-state index < -0.39 is 11.6 Å². The molecule has 1 aliphatic heterocycles. The average molecular weight is 211 g/mol. The molecule has 1 aliphatic rings. The van der Waals surface area contributed by atoms with Crippen LogP contribution in [0.2, 0.25) is 0 Å². The van der Waals surface area contributed by atoms with Crippen LogP contribution in [0.15, 0.2) is 10.6 Å². The van der Waals surface area contributed by atoms with Crippen molar-refractivity contribution in [3.63, 3.8) is 0 Å². The number of carboxylic acids is 1. The van der Waals surface area contributed by atoms with E-state index in [2.05, 4.69) is 4.98 Å². The summed E-state index contributed by atoms with van der Waals surface area (Å²) in [6.45, 7) is 2.65. The van der Waals surface area contributed by atoms with Gasteiger partial charge in [-0.2, -0.15) is 0 Å². The predicted molar refractivity (Wildman–Crippen MR) is 50.4 cm³/mol. The fraction of sp³-hybridized carbons (Fsp3) is 0.600. The summed E-state index contributed by atoms with van der Waals surface area (Å²) in [7, 11) is 0. The van der Waals surface area contributed by atoms with E-state index in [-0.39, 0.29) is 12.3 Å². The molecule has 0 radical (unpaired) electrons. The lowest BCUT2D eigenvalue weighted by Gasteiger charge is -2.19. The van der Waals surface area contributed by atoms with Crippen LogP contribution < -0.4 is 0 Å². The second-order valence-corrected chi connectivity index (χ2v) is 3.87. The zero-order valence-electron chi connectivity index (χ0n) is 8.52. The van der Waals surface area contributed by atoms with Gasteiger partial charge in [0.2, 0.25) is 5.89 Å². The molecule has 0 aromatic carbocycles. The van der Waals surface area contributed by atoms with Gasteiger partial charge in [0.25, 0.3) is 0 Å². The van der Waals surface area contributed by atoms with Crippen molar-refractivity contribution in [1.29, 1.82) is 0 Å². The van der Waals surface area contributed by atoms with E-state index in [1.165, 1.54) is 0 Å². The summed E-state index contributed by atoms with van der Waals surface area (Å²) in [5, 5.41) is 8.57. The number of ether oxygens (including phenoxy) is 1. The van der Waals surface area contributed by atoms with Gasteiger partial charge in [-0.05, 0) is 19.8 Å². The Morgan fingerprint density at radius 1 is 1.73 bits per heavy atom. The minimum absolute atomic E-state index is 0.184. The van der Waals surface area contributed by atoms with E-state index in [4.69, 9.17) is 14.3 Å². The topological polar surface area (TPSA) is 72.6 Å². The molecule has 5 heteroatoms. The molecular weight excluding hydrogens is 198 g/mol. The summed E-state index contributed by atoms with van der Waals surface area (Å²) in [5.41, 5.74) is -0.427. The molecule has 1 aromatic rings. The van der Waals surface area contributed by atoms with Crippen molar-refractivity contribution in [2.45, 2.75) is 31.8 Å². The lowest BCUT2D eigenvalue weighted by molar-refractivity contribution is -0.136. The number of hydrogen-bond donors (Lipinski definition) is 1. The number of rotatable bonds is 3. The Morgan fingerprint density at radius 2 is 2.53 bits per heavy atom. The van der Waals surface area contributed by atoms with Crippen LogP contribution >= 0.6 is 0 Å². The van der Waals surface area contributed by atoms with Gasteiger partial charge in [-0.15, -0.1) is 0 Å².